The van der Waals surface area contributed by atoms with Crippen LogP contribution in [0, 0.1) is 5.92 Å². The van der Waals surface area contributed by atoms with Crippen LogP contribution in [0.15, 0.2) is 72.8 Å². The molecule has 1 saturated heterocycles. The van der Waals surface area contributed by atoms with Gasteiger partial charge in [0, 0.05) is 6.54 Å². The van der Waals surface area contributed by atoms with Gasteiger partial charge < -0.3 is 5.32 Å². The van der Waals surface area contributed by atoms with Crippen molar-refractivity contribution in [3.05, 3.63) is 83.9 Å². The average Bonchev–Trinajstić information content (AvgIpc) is 3.18. The van der Waals surface area contributed by atoms with E-state index < -0.39 is 0 Å². The number of hydrazine groups is 1. The molecule has 1 amide bonds. The highest BCUT2D eigenvalue weighted by atomic mass is 16.2. The fraction of sp³-hybridized carbons (Fsp3) is 0.227. The van der Waals surface area contributed by atoms with E-state index in [2.05, 4.69) is 58.6 Å². The van der Waals surface area contributed by atoms with Gasteiger partial charge in [0.1, 0.15) is 0 Å². The fourth-order valence-corrected chi connectivity index (χ4v) is 3.60. The first-order chi connectivity index (χ1) is 12.7. The second kappa shape index (κ2) is 7.28. The monoisotopic (exact) mass is 345 g/mol. The van der Waals surface area contributed by atoms with E-state index in [9.17, 15) is 4.79 Å². The standard InChI is InChI=1S/C22H23N3O/c1-15(18-12-11-16-7-5-6-10-19(16)13-18)24-22(26)20-14-23-25-21(20)17-8-3-2-4-9-17/h2-13,15,20-21,23,25H,14H2,1H3,(H,24,26). The van der Waals surface area contributed by atoms with Crippen LogP contribution in [0.25, 0.3) is 10.8 Å². The maximum atomic E-state index is 12.9. The summed E-state index contributed by atoms with van der Waals surface area (Å²) in [4.78, 5) is 12.9. The molecule has 3 N–H and O–H groups in total. The van der Waals surface area contributed by atoms with Crippen LogP contribution in [-0.4, -0.2) is 12.5 Å². The first-order valence-corrected chi connectivity index (χ1v) is 9.05. The number of fused-ring (bicyclic) bond motifs is 1. The van der Waals surface area contributed by atoms with Gasteiger partial charge in [-0.15, -0.1) is 0 Å². The van der Waals surface area contributed by atoms with E-state index in [0.717, 1.165) is 11.1 Å². The van der Waals surface area contributed by atoms with Crippen molar-refractivity contribution in [1.82, 2.24) is 16.2 Å². The average molecular weight is 345 g/mol. The lowest BCUT2D eigenvalue weighted by Crippen LogP contribution is -2.36. The molecule has 0 aliphatic carbocycles. The number of nitrogens with one attached hydrogen (secondary N) is 3. The van der Waals surface area contributed by atoms with Crippen LogP contribution in [-0.2, 0) is 4.79 Å². The maximum absolute atomic E-state index is 12.9. The van der Waals surface area contributed by atoms with Crippen molar-refractivity contribution in [2.24, 2.45) is 5.92 Å². The first kappa shape index (κ1) is 16.8. The van der Waals surface area contributed by atoms with Gasteiger partial charge in [0.25, 0.3) is 0 Å². The molecule has 3 atom stereocenters. The Balaban J connectivity index is 1.49. The minimum atomic E-state index is -0.139. The van der Waals surface area contributed by atoms with Crippen LogP contribution < -0.4 is 16.2 Å². The predicted molar refractivity (Wildman–Crippen MR) is 104 cm³/mol. The van der Waals surface area contributed by atoms with Gasteiger partial charge in [-0.1, -0.05) is 66.7 Å². The van der Waals surface area contributed by atoms with E-state index in [-0.39, 0.29) is 23.9 Å². The van der Waals surface area contributed by atoms with Crippen LogP contribution in [0.3, 0.4) is 0 Å². The largest absolute Gasteiger partial charge is 0.349 e. The molecular weight excluding hydrogens is 322 g/mol. The maximum Gasteiger partial charge on any atom is 0.226 e. The van der Waals surface area contributed by atoms with Crippen LogP contribution in [0.1, 0.15) is 30.1 Å². The number of rotatable bonds is 4. The van der Waals surface area contributed by atoms with E-state index in [1.165, 1.54) is 10.8 Å². The zero-order valence-corrected chi connectivity index (χ0v) is 14.8. The highest BCUT2D eigenvalue weighted by Gasteiger charge is 2.34. The van der Waals surface area contributed by atoms with Gasteiger partial charge in [0.05, 0.1) is 18.0 Å². The quantitative estimate of drug-likeness (QED) is 0.678. The molecule has 0 saturated carbocycles. The van der Waals surface area contributed by atoms with Crippen molar-refractivity contribution in [2.45, 2.75) is 19.0 Å². The molecule has 3 aromatic rings. The highest BCUT2D eigenvalue weighted by molar-refractivity contribution is 5.84. The van der Waals surface area contributed by atoms with Crippen molar-refractivity contribution in [3.8, 4) is 0 Å². The van der Waals surface area contributed by atoms with E-state index >= 15 is 0 Å². The Hall–Kier alpha value is -2.69. The summed E-state index contributed by atoms with van der Waals surface area (Å²) in [7, 11) is 0. The summed E-state index contributed by atoms with van der Waals surface area (Å²) in [6.07, 6.45) is 0. The summed E-state index contributed by atoms with van der Waals surface area (Å²) >= 11 is 0. The Bertz CT molecular complexity index is 909. The van der Waals surface area contributed by atoms with Gasteiger partial charge in [-0.2, -0.15) is 0 Å². The molecule has 26 heavy (non-hydrogen) atoms. The normalized spacial score (nSPS) is 20.8. The highest BCUT2D eigenvalue weighted by Crippen LogP contribution is 2.26. The van der Waals surface area contributed by atoms with Gasteiger partial charge in [0.2, 0.25) is 5.91 Å². The minimum Gasteiger partial charge on any atom is -0.349 e. The second-order valence-corrected chi connectivity index (χ2v) is 6.86. The van der Waals surface area contributed by atoms with Gasteiger partial charge >= 0.3 is 0 Å². The van der Waals surface area contributed by atoms with Crippen molar-refractivity contribution in [2.75, 3.05) is 6.54 Å². The van der Waals surface area contributed by atoms with E-state index in [0.29, 0.717) is 6.54 Å². The molecule has 0 spiro atoms. The lowest BCUT2D eigenvalue weighted by Gasteiger charge is -2.21. The Kier molecular flexibility index (Phi) is 4.69. The van der Waals surface area contributed by atoms with Gasteiger partial charge in [-0.3, -0.25) is 10.2 Å². The molecule has 4 nitrogen and oxygen atoms in total. The van der Waals surface area contributed by atoms with Gasteiger partial charge in [-0.25, -0.2) is 5.43 Å². The number of carbonyl (C=O) groups excluding carboxylic acids is 1. The van der Waals surface area contributed by atoms with E-state index in [4.69, 9.17) is 0 Å². The van der Waals surface area contributed by atoms with Crippen LogP contribution in [0.2, 0.25) is 0 Å². The summed E-state index contributed by atoms with van der Waals surface area (Å²) in [6.45, 7) is 2.66. The lowest BCUT2D eigenvalue weighted by molar-refractivity contribution is -0.125. The molecule has 0 aromatic heterocycles. The van der Waals surface area contributed by atoms with Crippen LogP contribution in [0.5, 0.6) is 0 Å². The number of benzene rings is 3. The predicted octanol–water partition coefficient (Wildman–Crippen LogP) is 3.48. The smallest absolute Gasteiger partial charge is 0.226 e. The SMILES string of the molecule is CC(NC(=O)C1CNNC1c1ccccc1)c1ccc2ccccc2c1. The fourth-order valence-electron chi connectivity index (χ4n) is 3.60. The molecule has 1 heterocycles. The van der Waals surface area contributed by atoms with Gasteiger partial charge in [0.15, 0.2) is 0 Å². The molecule has 3 aromatic carbocycles. The van der Waals surface area contributed by atoms with E-state index in [1.54, 1.807) is 0 Å². The molecular formula is C22H23N3O. The van der Waals surface area contributed by atoms with Crippen molar-refractivity contribution >= 4 is 16.7 Å². The number of amides is 1. The summed E-state index contributed by atoms with van der Waals surface area (Å²) in [5.41, 5.74) is 8.60. The minimum absolute atomic E-state index is 0.0139. The summed E-state index contributed by atoms with van der Waals surface area (Å²) < 4.78 is 0. The van der Waals surface area contributed by atoms with Crippen LogP contribution >= 0.6 is 0 Å². The molecule has 4 rings (SSSR count). The lowest BCUT2D eigenvalue weighted by atomic mass is 9.93. The Morgan fingerprint density at radius 3 is 2.54 bits per heavy atom. The third kappa shape index (κ3) is 3.34. The van der Waals surface area contributed by atoms with Gasteiger partial charge in [-0.05, 0) is 34.9 Å². The first-order valence-electron chi connectivity index (χ1n) is 9.05. The molecule has 0 bridgehead atoms. The Morgan fingerprint density at radius 2 is 1.73 bits per heavy atom. The van der Waals surface area contributed by atoms with Crippen molar-refractivity contribution < 1.29 is 4.79 Å². The number of carbonyl (C=O) groups is 1. The summed E-state index contributed by atoms with van der Waals surface area (Å²) in [5, 5.41) is 5.59. The Morgan fingerprint density at radius 1 is 1.00 bits per heavy atom. The third-order valence-electron chi connectivity index (χ3n) is 5.11. The second-order valence-electron chi connectivity index (χ2n) is 6.86. The van der Waals surface area contributed by atoms with E-state index in [1.807, 2.05) is 37.3 Å². The molecule has 1 aliphatic heterocycles. The van der Waals surface area contributed by atoms with Crippen LogP contribution in [0.4, 0.5) is 0 Å². The van der Waals surface area contributed by atoms with Crippen molar-refractivity contribution in [3.63, 3.8) is 0 Å². The molecule has 4 heteroatoms. The molecule has 3 unspecified atom stereocenters. The molecule has 1 aliphatic rings. The topological polar surface area (TPSA) is 53.2 Å². The number of hydrogen-bond donors (Lipinski definition) is 3. The summed E-state index contributed by atoms with van der Waals surface area (Å²) in [5.74, 6) is -0.0719. The number of hydrogen-bond acceptors (Lipinski definition) is 3. The molecule has 0 radical (unpaired) electrons. The zero-order valence-electron chi connectivity index (χ0n) is 14.8. The third-order valence-corrected chi connectivity index (χ3v) is 5.11. The molecule has 132 valence electrons. The summed E-state index contributed by atoms with van der Waals surface area (Å²) in [6, 6.07) is 24.7. The zero-order chi connectivity index (χ0) is 17.9. The molecule has 1 fully saturated rings. The Labute approximate surface area is 153 Å². The van der Waals surface area contributed by atoms with Crippen molar-refractivity contribution in [1.29, 1.82) is 0 Å².